The summed E-state index contributed by atoms with van der Waals surface area (Å²) in [6.07, 6.45) is 1.04. The molecule has 0 bridgehead atoms. The highest BCUT2D eigenvalue weighted by molar-refractivity contribution is 7.11. The van der Waals surface area contributed by atoms with Gasteiger partial charge in [-0.05, 0) is 30.7 Å². The maximum Gasteiger partial charge on any atom is 0.248 e. The third kappa shape index (κ3) is 3.65. The number of primary amides is 1. The molecule has 20 heavy (non-hydrogen) atoms. The Bertz CT molecular complexity index is 610. The first kappa shape index (κ1) is 14.7. The predicted molar refractivity (Wildman–Crippen MR) is 79.2 cm³/mol. The van der Waals surface area contributed by atoms with Crippen LogP contribution in [0.15, 0.2) is 30.3 Å². The fraction of sp³-hybridized carbons (Fsp3) is 0.267. The maximum atomic E-state index is 13.7. The van der Waals surface area contributed by atoms with Gasteiger partial charge in [-0.1, -0.05) is 13.0 Å². The Morgan fingerprint density at radius 3 is 2.60 bits per heavy atom. The third-order valence-electron chi connectivity index (χ3n) is 3.02. The summed E-state index contributed by atoms with van der Waals surface area (Å²) in [6.45, 7) is 3.25. The minimum atomic E-state index is -0.617. The molecule has 0 saturated carbocycles. The minimum absolute atomic E-state index is 0.192. The van der Waals surface area contributed by atoms with E-state index in [4.69, 9.17) is 5.73 Å². The van der Waals surface area contributed by atoms with E-state index in [-0.39, 0.29) is 5.56 Å². The molecule has 3 N–H and O–H groups in total. The molecule has 1 heterocycles. The second-order valence-corrected chi connectivity index (χ2v) is 5.75. The molecule has 2 aromatic rings. The Morgan fingerprint density at radius 2 is 2.00 bits per heavy atom. The van der Waals surface area contributed by atoms with Gasteiger partial charge in [0, 0.05) is 34.0 Å². The maximum absolute atomic E-state index is 13.7. The van der Waals surface area contributed by atoms with E-state index < -0.39 is 11.7 Å². The molecule has 0 aliphatic carbocycles. The number of carbonyl (C=O) groups is 1. The highest BCUT2D eigenvalue weighted by atomic mass is 32.1. The van der Waals surface area contributed by atoms with Crippen LogP contribution in [0.3, 0.4) is 0 Å². The van der Waals surface area contributed by atoms with Crippen molar-refractivity contribution in [2.75, 3.05) is 0 Å². The number of hydrogen-bond donors (Lipinski definition) is 2. The summed E-state index contributed by atoms with van der Waals surface area (Å²) < 4.78 is 13.7. The zero-order chi connectivity index (χ0) is 14.5. The summed E-state index contributed by atoms with van der Waals surface area (Å²) in [6, 6.07) is 8.52. The Morgan fingerprint density at radius 1 is 1.25 bits per heavy atom. The molecule has 1 aromatic carbocycles. The molecular formula is C15H17FN2OS. The molecule has 1 amide bonds. The normalized spacial score (nSPS) is 10.7. The van der Waals surface area contributed by atoms with E-state index in [1.165, 1.54) is 15.8 Å². The van der Waals surface area contributed by atoms with Crippen molar-refractivity contribution in [1.82, 2.24) is 5.32 Å². The van der Waals surface area contributed by atoms with Gasteiger partial charge in [-0.25, -0.2) is 4.39 Å². The number of amides is 1. The molecule has 0 spiro atoms. The van der Waals surface area contributed by atoms with Crippen LogP contribution in [0.25, 0.3) is 0 Å². The van der Waals surface area contributed by atoms with Crippen molar-refractivity contribution in [2.45, 2.75) is 26.4 Å². The summed E-state index contributed by atoms with van der Waals surface area (Å²) in [5.41, 5.74) is 5.83. The van der Waals surface area contributed by atoms with Crippen LogP contribution in [-0.2, 0) is 19.5 Å². The average molecular weight is 292 g/mol. The number of thiophene rings is 1. The van der Waals surface area contributed by atoms with Crippen molar-refractivity contribution in [3.63, 3.8) is 0 Å². The van der Waals surface area contributed by atoms with Crippen LogP contribution in [0.1, 0.15) is 32.6 Å². The molecule has 1 aromatic heterocycles. The minimum Gasteiger partial charge on any atom is -0.366 e. The smallest absolute Gasteiger partial charge is 0.248 e. The first-order chi connectivity index (χ1) is 9.60. The fourth-order valence-electron chi connectivity index (χ4n) is 1.87. The molecule has 0 aliphatic rings. The lowest BCUT2D eigenvalue weighted by Crippen LogP contribution is -2.15. The van der Waals surface area contributed by atoms with Crippen LogP contribution >= 0.6 is 11.3 Å². The Hall–Kier alpha value is -1.72. The zero-order valence-electron chi connectivity index (χ0n) is 11.3. The summed E-state index contributed by atoms with van der Waals surface area (Å²) >= 11 is 1.76. The highest BCUT2D eigenvalue weighted by Gasteiger charge is 2.07. The number of hydrogen-bond acceptors (Lipinski definition) is 3. The molecule has 0 saturated heterocycles. The SMILES string of the molecule is CCc1ccc(CNCc2ccc(C(N)=O)cc2F)s1. The Labute approximate surface area is 121 Å². The first-order valence-corrected chi connectivity index (χ1v) is 7.28. The number of benzene rings is 1. The standard InChI is InChI=1S/C15H17FN2OS/c1-2-12-5-6-13(20-12)9-18-8-11-4-3-10(15(17)19)7-14(11)16/h3-7,18H,2,8-9H2,1H3,(H2,17,19). The largest absolute Gasteiger partial charge is 0.366 e. The molecule has 2 rings (SSSR count). The van der Waals surface area contributed by atoms with E-state index in [0.29, 0.717) is 18.7 Å². The van der Waals surface area contributed by atoms with E-state index in [9.17, 15) is 9.18 Å². The second kappa shape index (κ2) is 6.63. The van der Waals surface area contributed by atoms with E-state index >= 15 is 0 Å². The molecule has 106 valence electrons. The molecule has 0 unspecified atom stereocenters. The lowest BCUT2D eigenvalue weighted by Gasteiger charge is -2.06. The Kier molecular flexibility index (Phi) is 4.87. The number of nitrogens with one attached hydrogen (secondary N) is 1. The molecule has 0 radical (unpaired) electrons. The molecule has 5 heteroatoms. The molecular weight excluding hydrogens is 275 g/mol. The topological polar surface area (TPSA) is 55.1 Å². The van der Waals surface area contributed by atoms with Crippen LogP contribution in [0.4, 0.5) is 4.39 Å². The third-order valence-corrected chi connectivity index (χ3v) is 4.25. The van der Waals surface area contributed by atoms with Gasteiger partial charge in [0.2, 0.25) is 5.91 Å². The van der Waals surface area contributed by atoms with Gasteiger partial charge in [0.15, 0.2) is 0 Å². The summed E-state index contributed by atoms with van der Waals surface area (Å²) in [5.74, 6) is -1.02. The van der Waals surface area contributed by atoms with Crippen LogP contribution < -0.4 is 11.1 Å². The first-order valence-electron chi connectivity index (χ1n) is 6.46. The van der Waals surface area contributed by atoms with E-state index in [2.05, 4.69) is 24.4 Å². The van der Waals surface area contributed by atoms with Crippen molar-refractivity contribution in [3.05, 3.63) is 57.0 Å². The van der Waals surface area contributed by atoms with Crippen molar-refractivity contribution in [2.24, 2.45) is 5.73 Å². The van der Waals surface area contributed by atoms with Crippen LogP contribution in [0.5, 0.6) is 0 Å². The average Bonchev–Trinajstić information content (AvgIpc) is 2.88. The van der Waals surface area contributed by atoms with Gasteiger partial charge in [-0.15, -0.1) is 11.3 Å². The number of carbonyl (C=O) groups excluding carboxylic acids is 1. The molecule has 3 nitrogen and oxygen atoms in total. The van der Waals surface area contributed by atoms with E-state index in [1.807, 2.05) is 0 Å². The Balaban J connectivity index is 1.92. The molecule has 0 atom stereocenters. The number of nitrogens with two attached hydrogens (primary N) is 1. The molecule has 0 fully saturated rings. The highest BCUT2D eigenvalue weighted by Crippen LogP contribution is 2.17. The molecule has 0 aliphatic heterocycles. The second-order valence-electron chi connectivity index (χ2n) is 4.50. The van der Waals surface area contributed by atoms with Gasteiger partial charge in [0.05, 0.1) is 0 Å². The lowest BCUT2D eigenvalue weighted by molar-refractivity contribution is 0.1000. The van der Waals surface area contributed by atoms with Crippen LogP contribution in [0, 0.1) is 5.82 Å². The van der Waals surface area contributed by atoms with Crippen molar-refractivity contribution in [1.29, 1.82) is 0 Å². The van der Waals surface area contributed by atoms with Gasteiger partial charge in [-0.3, -0.25) is 4.79 Å². The van der Waals surface area contributed by atoms with Crippen LogP contribution in [-0.4, -0.2) is 5.91 Å². The predicted octanol–water partition coefficient (Wildman–Crippen LogP) is 2.84. The van der Waals surface area contributed by atoms with Gasteiger partial charge in [-0.2, -0.15) is 0 Å². The van der Waals surface area contributed by atoms with Crippen molar-refractivity contribution >= 4 is 17.2 Å². The zero-order valence-corrected chi connectivity index (χ0v) is 12.1. The summed E-state index contributed by atoms with van der Waals surface area (Å²) in [7, 11) is 0. The van der Waals surface area contributed by atoms with E-state index in [1.54, 1.807) is 23.5 Å². The van der Waals surface area contributed by atoms with Gasteiger partial charge in [0.25, 0.3) is 0 Å². The number of halogens is 1. The quantitative estimate of drug-likeness (QED) is 0.860. The number of rotatable bonds is 6. The summed E-state index contributed by atoms with van der Waals surface area (Å²) in [4.78, 5) is 13.5. The van der Waals surface area contributed by atoms with E-state index in [0.717, 1.165) is 6.42 Å². The number of aryl methyl sites for hydroxylation is 1. The summed E-state index contributed by atoms with van der Waals surface area (Å²) in [5, 5.41) is 3.20. The van der Waals surface area contributed by atoms with Crippen LogP contribution in [0.2, 0.25) is 0 Å². The van der Waals surface area contributed by atoms with Crippen molar-refractivity contribution < 1.29 is 9.18 Å². The fourth-order valence-corrected chi connectivity index (χ4v) is 2.80. The monoisotopic (exact) mass is 292 g/mol. The van der Waals surface area contributed by atoms with Gasteiger partial charge < -0.3 is 11.1 Å². The van der Waals surface area contributed by atoms with Crippen molar-refractivity contribution in [3.8, 4) is 0 Å². The van der Waals surface area contributed by atoms with Gasteiger partial charge in [0.1, 0.15) is 5.82 Å². The lowest BCUT2D eigenvalue weighted by atomic mass is 10.1. The van der Waals surface area contributed by atoms with Gasteiger partial charge >= 0.3 is 0 Å².